The monoisotopic (exact) mass is 427 g/mol. The van der Waals surface area contributed by atoms with Crippen molar-refractivity contribution >= 4 is 22.2 Å². The van der Waals surface area contributed by atoms with Crippen molar-refractivity contribution in [2.24, 2.45) is 0 Å². The van der Waals surface area contributed by atoms with Crippen LogP contribution in [0.25, 0.3) is 16.2 Å². The highest BCUT2D eigenvalue weighted by Crippen LogP contribution is 2.26. The number of thiazole rings is 1. The van der Waals surface area contributed by atoms with Gasteiger partial charge in [0.15, 0.2) is 4.96 Å². The summed E-state index contributed by atoms with van der Waals surface area (Å²) in [5.74, 6) is -0.482. The molecule has 0 unspecified atom stereocenters. The van der Waals surface area contributed by atoms with Gasteiger partial charge in [0.1, 0.15) is 11.5 Å². The molecule has 0 fully saturated rings. The van der Waals surface area contributed by atoms with Gasteiger partial charge in [0.25, 0.3) is 5.91 Å². The van der Waals surface area contributed by atoms with Gasteiger partial charge in [-0.1, -0.05) is 60.7 Å². The molecule has 1 amide bonds. The smallest absolute Gasteiger partial charge is 0.269 e. The summed E-state index contributed by atoms with van der Waals surface area (Å²) in [7, 11) is 0. The molecule has 4 nitrogen and oxygen atoms in total. The molecule has 0 spiro atoms. The number of nitrogens with one attached hydrogen (secondary N) is 1. The second-order valence-corrected chi connectivity index (χ2v) is 7.97. The van der Waals surface area contributed by atoms with Crippen molar-refractivity contribution in [3.63, 3.8) is 0 Å². The maximum absolute atomic E-state index is 13.3. The van der Waals surface area contributed by atoms with Crippen LogP contribution in [-0.2, 0) is 0 Å². The molecule has 0 radical (unpaired) electrons. The minimum atomic E-state index is -0.294. The molecule has 0 atom stereocenters. The van der Waals surface area contributed by atoms with E-state index in [0.717, 1.165) is 16.7 Å². The van der Waals surface area contributed by atoms with Gasteiger partial charge in [-0.25, -0.2) is 9.37 Å². The molecule has 0 aliphatic carbocycles. The Labute approximate surface area is 182 Å². The van der Waals surface area contributed by atoms with Crippen molar-refractivity contribution in [2.45, 2.75) is 6.04 Å². The van der Waals surface area contributed by atoms with Crippen LogP contribution >= 0.6 is 11.3 Å². The van der Waals surface area contributed by atoms with Crippen LogP contribution in [0, 0.1) is 5.82 Å². The highest BCUT2D eigenvalue weighted by Gasteiger charge is 2.21. The average molecular weight is 428 g/mol. The van der Waals surface area contributed by atoms with Crippen LogP contribution in [0.3, 0.4) is 0 Å². The van der Waals surface area contributed by atoms with E-state index in [1.54, 1.807) is 21.9 Å². The summed E-state index contributed by atoms with van der Waals surface area (Å²) in [6.45, 7) is 0. The lowest BCUT2D eigenvalue weighted by Gasteiger charge is -2.19. The molecule has 152 valence electrons. The van der Waals surface area contributed by atoms with E-state index in [2.05, 4.69) is 10.3 Å². The van der Waals surface area contributed by atoms with E-state index in [1.165, 1.54) is 23.5 Å². The molecule has 3 aromatic carbocycles. The van der Waals surface area contributed by atoms with Gasteiger partial charge in [0, 0.05) is 17.1 Å². The zero-order valence-corrected chi connectivity index (χ0v) is 17.2. The number of fused-ring (bicyclic) bond motifs is 1. The normalized spacial score (nSPS) is 11.2. The van der Waals surface area contributed by atoms with Gasteiger partial charge >= 0.3 is 0 Å². The summed E-state index contributed by atoms with van der Waals surface area (Å²) < 4.78 is 15.0. The molecule has 1 N–H and O–H groups in total. The second kappa shape index (κ2) is 8.16. The van der Waals surface area contributed by atoms with Crippen LogP contribution in [0.2, 0.25) is 0 Å². The number of carbonyl (C=O) groups excluding carboxylic acids is 1. The first-order valence-electron chi connectivity index (χ1n) is 9.82. The molecular formula is C25H18FN3OS. The maximum Gasteiger partial charge on any atom is 0.269 e. The fourth-order valence-corrected chi connectivity index (χ4v) is 4.42. The van der Waals surface area contributed by atoms with Crippen LogP contribution in [0.1, 0.15) is 27.7 Å². The Bertz CT molecular complexity index is 1290. The topological polar surface area (TPSA) is 46.4 Å². The summed E-state index contributed by atoms with van der Waals surface area (Å²) in [4.78, 5) is 18.6. The summed E-state index contributed by atoms with van der Waals surface area (Å²) in [5.41, 5.74) is 4.02. The Kier molecular flexibility index (Phi) is 5.06. The van der Waals surface area contributed by atoms with E-state index in [0.29, 0.717) is 16.3 Å². The molecule has 31 heavy (non-hydrogen) atoms. The molecule has 0 aliphatic heterocycles. The van der Waals surface area contributed by atoms with Gasteiger partial charge in [0.05, 0.1) is 11.7 Å². The third-order valence-corrected chi connectivity index (χ3v) is 5.96. The molecule has 2 aromatic heterocycles. The van der Waals surface area contributed by atoms with Gasteiger partial charge in [-0.05, 0) is 35.4 Å². The third kappa shape index (κ3) is 3.85. The van der Waals surface area contributed by atoms with Crippen molar-refractivity contribution in [2.75, 3.05) is 0 Å². The number of carbonyl (C=O) groups is 1. The fraction of sp³-hybridized carbons (Fsp3) is 0.0400. The van der Waals surface area contributed by atoms with Gasteiger partial charge in [0.2, 0.25) is 0 Å². The van der Waals surface area contributed by atoms with Crippen molar-refractivity contribution < 1.29 is 9.18 Å². The van der Waals surface area contributed by atoms with E-state index < -0.39 is 0 Å². The zero-order valence-electron chi connectivity index (χ0n) is 16.4. The number of hydrogen-bond donors (Lipinski definition) is 1. The van der Waals surface area contributed by atoms with Gasteiger partial charge in [-0.15, -0.1) is 11.3 Å². The number of aromatic nitrogens is 2. The molecule has 0 aliphatic rings. The predicted octanol–water partition coefficient (Wildman–Crippen LogP) is 5.72. The van der Waals surface area contributed by atoms with Crippen LogP contribution in [0.4, 0.5) is 4.39 Å². The Morgan fingerprint density at radius 2 is 1.52 bits per heavy atom. The molecule has 2 heterocycles. The molecular weight excluding hydrogens is 409 g/mol. The first kappa shape index (κ1) is 19.2. The Balaban J connectivity index is 1.48. The number of halogens is 1. The lowest BCUT2D eigenvalue weighted by atomic mass is 9.98. The minimum Gasteiger partial charge on any atom is -0.340 e. The van der Waals surface area contributed by atoms with E-state index in [9.17, 15) is 9.18 Å². The Hall–Kier alpha value is -3.77. The number of imidazole rings is 1. The van der Waals surface area contributed by atoms with Crippen molar-refractivity contribution in [3.8, 4) is 11.3 Å². The number of rotatable bonds is 5. The zero-order chi connectivity index (χ0) is 21.2. The van der Waals surface area contributed by atoms with Crippen LogP contribution in [0.5, 0.6) is 0 Å². The van der Waals surface area contributed by atoms with E-state index in [4.69, 9.17) is 0 Å². The van der Waals surface area contributed by atoms with Crippen LogP contribution in [0.15, 0.2) is 96.5 Å². The van der Waals surface area contributed by atoms with Crippen LogP contribution < -0.4 is 5.32 Å². The molecule has 5 aromatic rings. The summed E-state index contributed by atoms with van der Waals surface area (Å²) in [6.07, 6.45) is 1.81. The quantitative estimate of drug-likeness (QED) is 0.390. The summed E-state index contributed by atoms with van der Waals surface area (Å²) in [6, 6.07) is 25.7. The maximum atomic E-state index is 13.3. The molecule has 6 heteroatoms. The first-order chi connectivity index (χ1) is 15.2. The van der Waals surface area contributed by atoms with Crippen molar-refractivity contribution in [3.05, 3.63) is 119 Å². The fourth-order valence-electron chi connectivity index (χ4n) is 3.56. The van der Waals surface area contributed by atoms with Crippen LogP contribution in [-0.4, -0.2) is 15.3 Å². The van der Waals surface area contributed by atoms with Crippen molar-refractivity contribution in [1.29, 1.82) is 0 Å². The number of hydrogen-bond acceptors (Lipinski definition) is 3. The number of amides is 1. The lowest BCUT2D eigenvalue weighted by Crippen LogP contribution is -2.30. The second-order valence-electron chi connectivity index (χ2n) is 7.13. The van der Waals surface area contributed by atoms with E-state index in [-0.39, 0.29) is 17.8 Å². The molecule has 0 bridgehead atoms. The Morgan fingerprint density at radius 3 is 2.13 bits per heavy atom. The summed E-state index contributed by atoms with van der Waals surface area (Å²) in [5, 5.41) is 4.97. The number of nitrogens with zero attached hydrogens (tertiary/aromatic N) is 2. The highest BCUT2D eigenvalue weighted by molar-refractivity contribution is 7.15. The lowest BCUT2D eigenvalue weighted by molar-refractivity contribution is 0.0937. The summed E-state index contributed by atoms with van der Waals surface area (Å²) >= 11 is 1.40. The van der Waals surface area contributed by atoms with Gasteiger partial charge < -0.3 is 5.32 Å². The third-order valence-electron chi connectivity index (χ3n) is 5.12. The van der Waals surface area contributed by atoms with E-state index in [1.807, 2.05) is 66.9 Å². The number of benzene rings is 3. The highest BCUT2D eigenvalue weighted by atomic mass is 32.1. The molecule has 0 saturated carbocycles. The average Bonchev–Trinajstić information content (AvgIpc) is 3.40. The van der Waals surface area contributed by atoms with Crippen molar-refractivity contribution in [1.82, 2.24) is 14.7 Å². The van der Waals surface area contributed by atoms with Gasteiger partial charge in [-0.2, -0.15) is 0 Å². The largest absolute Gasteiger partial charge is 0.340 e. The predicted molar refractivity (Wildman–Crippen MR) is 121 cm³/mol. The molecule has 5 rings (SSSR count). The Morgan fingerprint density at radius 1 is 0.903 bits per heavy atom. The van der Waals surface area contributed by atoms with E-state index >= 15 is 0 Å². The first-order valence-corrected chi connectivity index (χ1v) is 10.7. The SMILES string of the molecule is O=C(NC(c1ccccc1)c1ccccc1)c1csc2nc(-c3ccc(F)cc3)cn12. The standard InChI is InChI=1S/C25H18FN3OS/c26-20-13-11-17(12-14-20)21-15-29-22(16-31-25(29)27-21)24(30)28-23(18-7-3-1-4-8-18)19-9-5-2-6-10-19/h1-16,23H,(H,28,30). The minimum absolute atomic E-state index is 0.188. The van der Waals surface area contributed by atoms with Gasteiger partial charge in [-0.3, -0.25) is 9.20 Å². The molecule has 0 saturated heterocycles.